The molecule has 0 bridgehead atoms. The van der Waals surface area contributed by atoms with Gasteiger partial charge in [0.1, 0.15) is 0 Å². The van der Waals surface area contributed by atoms with Crippen molar-refractivity contribution in [1.29, 1.82) is 0 Å². The number of carbonyl (C=O) groups is 2. The van der Waals surface area contributed by atoms with E-state index in [9.17, 15) is 18.0 Å². The van der Waals surface area contributed by atoms with E-state index in [-0.39, 0.29) is 13.0 Å². The lowest BCUT2D eigenvalue weighted by Gasteiger charge is -2.33. The van der Waals surface area contributed by atoms with Crippen molar-refractivity contribution < 1.29 is 22.7 Å². The summed E-state index contributed by atoms with van der Waals surface area (Å²) in [7, 11) is -3.38. The molecule has 0 radical (unpaired) electrons. The zero-order chi connectivity index (χ0) is 19.7. The fourth-order valence-electron chi connectivity index (χ4n) is 2.99. The van der Waals surface area contributed by atoms with Crippen LogP contribution in [0, 0.1) is 0 Å². The summed E-state index contributed by atoms with van der Waals surface area (Å²) in [6.45, 7) is 1.75. The van der Waals surface area contributed by atoms with Gasteiger partial charge in [0.25, 0.3) is 5.91 Å². The first kappa shape index (κ1) is 18.9. The molecule has 3 rings (SSSR count). The normalized spacial score (nSPS) is 19.0. The van der Waals surface area contributed by atoms with Crippen molar-refractivity contribution in [1.82, 2.24) is 5.32 Å². The van der Waals surface area contributed by atoms with Gasteiger partial charge in [0.2, 0.25) is 10.0 Å². The van der Waals surface area contributed by atoms with Crippen molar-refractivity contribution in [3.05, 3.63) is 65.2 Å². The Morgan fingerprint density at radius 3 is 2.67 bits per heavy atom. The molecule has 2 aromatic rings. The number of ether oxygens (including phenoxy) is 1. The van der Waals surface area contributed by atoms with Gasteiger partial charge in [-0.1, -0.05) is 30.3 Å². The van der Waals surface area contributed by atoms with Gasteiger partial charge in [-0.25, -0.2) is 13.2 Å². The molecule has 0 saturated carbocycles. The molecular formula is C19H20N2O5S. The van der Waals surface area contributed by atoms with Gasteiger partial charge in [-0.2, -0.15) is 0 Å². The fourth-order valence-corrected chi connectivity index (χ4v) is 3.54. The highest BCUT2D eigenvalue weighted by Crippen LogP contribution is 2.28. The van der Waals surface area contributed by atoms with Gasteiger partial charge in [-0.15, -0.1) is 0 Å². The van der Waals surface area contributed by atoms with Crippen molar-refractivity contribution in [2.45, 2.75) is 25.5 Å². The summed E-state index contributed by atoms with van der Waals surface area (Å²) in [5, 5.41) is 2.76. The largest absolute Gasteiger partial charge is 0.445 e. The van der Waals surface area contributed by atoms with Crippen LogP contribution in [0.3, 0.4) is 0 Å². The number of rotatable bonds is 5. The number of amides is 1. The van der Waals surface area contributed by atoms with E-state index >= 15 is 0 Å². The summed E-state index contributed by atoms with van der Waals surface area (Å²) in [6.07, 6.45) is 1.36. The number of sulfonamides is 1. The number of benzene rings is 2. The Morgan fingerprint density at radius 1 is 1.19 bits per heavy atom. The van der Waals surface area contributed by atoms with Crippen LogP contribution in [0.1, 0.15) is 28.4 Å². The zero-order valence-corrected chi connectivity index (χ0v) is 15.8. The van der Waals surface area contributed by atoms with Crippen LogP contribution < -0.4 is 10.0 Å². The average Bonchev–Trinajstić information content (AvgIpc) is 2.58. The summed E-state index contributed by atoms with van der Waals surface area (Å²) >= 11 is 0. The quantitative estimate of drug-likeness (QED) is 0.761. The third kappa shape index (κ3) is 4.46. The van der Waals surface area contributed by atoms with Crippen LogP contribution in [0.25, 0.3) is 0 Å². The Labute approximate surface area is 157 Å². The predicted molar refractivity (Wildman–Crippen MR) is 101 cm³/mol. The summed E-state index contributed by atoms with van der Waals surface area (Å²) in [5.74, 6) is -0.930. The average molecular weight is 388 g/mol. The molecule has 1 amide bonds. The second-order valence-corrected chi connectivity index (χ2v) is 8.46. The smallest absolute Gasteiger partial charge is 0.339 e. The number of cyclic esters (lactones) is 1. The minimum Gasteiger partial charge on any atom is -0.445 e. The van der Waals surface area contributed by atoms with Crippen LogP contribution in [0.4, 0.5) is 5.69 Å². The molecule has 0 fully saturated rings. The van der Waals surface area contributed by atoms with Crippen LogP contribution in [0.5, 0.6) is 0 Å². The second kappa shape index (κ2) is 7.03. The molecule has 1 aliphatic rings. The minimum absolute atomic E-state index is 0.174. The lowest BCUT2D eigenvalue weighted by atomic mass is 9.89. The Balaban J connectivity index is 1.70. The minimum atomic E-state index is -3.38. The molecule has 1 heterocycles. The molecule has 27 heavy (non-hydrogen) atoms. The van der Waals surface area contributed by atoms with E-state index in [0.29, 0.717) is 16.8 Å². The molecule has 0 saturated heterocycles. The number of hydrogen-bond acceptors (Lipinski definition) is 5. The lowest BCUT2D eigenvalue weighted by molar-refractivity contribution is -0.139. The maximum Gasteiger partial charge on any atom is 0.339 e. The van der Waals surface area contributed by atoms with Crippen molar-refractivity contribution in [2.24, 2.45) is 0 Å². The van der Waals surface area contributed by atoms with E-state index in [4.69, 9.17) is 4.74 Å². The van der Waals surface area contributed by atoms with Crippen LogP contribution in [0.2, 0.25) is 0 Å². The molecule has 142 valence electrons. The standard InChI is InChI=1S/C19H20N2O5S/c1-19(11-14-7-3-4-9-16(14)17(22)26-19)18(23)20-12-13-6-5-8-15(10-13)21-27(2,24)25/h3-10,21H,11-12H2,1-2H3,(H,20,23)/t19-/m0/s1. The molecule has 0 spiro atoms. The summed E-state index contributed by atoms with van der Waals surface area (Å²) < 4.78 is 30.4. The molecule has 1 atom stereocenters. The second-order valence-electron chi connectivity index (χ2n) is 6.71. The lowest BCUT2D eigenvalue weighted by Crippen LogP contribution is -2.51. The number of fused-ring (bicyclic) bond motifs is 1. The fraction of sp³-hybridized carbons (Fsp3) is 0.263. The maximum absolute atomic E-state index is 12.7. The molecule has 8 heteroatoms. The van der Waals surface area contributed by atoms with Gasteiger partial charge >= 0.3 is 5.97 Å². The number of hydrogen-bond donors (Lipinski definition) is 2. The summed E-state index contributed by atoms with van der Waals surface area (Å²) in [4.78, 5) is 24.9. The number of carbonyl (C=O) groups excluding carboxylic acids is 2. The molecule has 1 aliphatic heterocycles. The summed E-state index contributed by atoms with van der Waals surface area (Å²) in [5.41, 5.74) is 1.07. The Morgan fingerprint density at radius 2 is 1.93 bits per heavy atom. The van der Waals surface area contributed by atoms with E-state index in [2.05, 4.69) is 10.0 Å². The summed E-state index contributed by atoms with van der Waals surface area (Å²) in [6, 6.07) is 13.7. The first-order chi connectivity index (χ1) is 12.7. The Bertz CT molecular complexity index is 1000. The number of esters is 1. The highest BCUT2D eigenvalue weighted by atomic mass is 32.2. The van der Waals surface area contributed by atoms with Crippen molar-refractivity contribution in [3.8, 4) is 0 Å². The molecule has 2 aromatic carbocycles. The SMILES string of the molecule is C[C@@]1(C(=O)NCc2cccc(NS(C)(=O)=O)c2)Cc2ccccc2C(=O)O1. The van der Waals surface area contributed by atoms with Gasteiger partial charge in [0, 0.05) is 18.7 Å². The molecule has 0 unspecified atom stereocenters. The Hall–Kier alpha value is -2.87. The Kier molecular flexibility index (Phi) is 4.93. The van der Waals surface area contributed by atoms with Crippen LogP contribution in [-0.4, -0.2) is 32.2 Å². The van der Waals surface area contributed by atoms with E-state index in [0.717, 1.165) is 11.8 Å². The molecular weight excluding hydrogens is 368 g/mol. The van der Waals surface area contributed by atoms with E-state index in [1.165, 1.54) is 0 Å². The van der Waals surface area contributed by atoms with Crippen LogP contribution in [0.15, 0.2) is 48.5 Å². The van der Waals surface area contributed by atoms with Crippen molar-refractivity contribution >= 4 is 27.6 Å². The number of anilines is 1. The topological polar surface area (TPSA) is 102 Å². The third-order valence-corrected chi connectivity index (χ3v) is 4.85. The van der Waals surface area contributed by atoms with Gasteiger partial charge < -0.3 is 10.1 Å². The van der Waals surface area contributed by atoms with Crippen LogP contribution >= 0.6 is 0 Å². The third-order valence-electron chi connectivity index (χ3n) is 4.25. The van der Waals surface area contributed by atoms with Gasteiger partial charge in [0.05, 0.1) is 11.8 Å². The van der Waals surface area contributed by atoms with Gasteiger partial charge in [-0.05, 0) is 36.2 Å². The van der Waals surface area contributed by atoms with Gasteiger partial charge in [0.15, 0.2) is 5.60 Å². The van der Waals surface area contributed by atoms with E-state index < -0.39 is 27.5 Å². The monoisotopic (exact) mass is 388 g/mol. The molecule has 7 nitrogen and oxygen atoms in total. The first-order valence-electron chi connectivity index (χ1n) is 8.33. The number of nitrogens with one attached hydrogen (secondary N) is 2. The highest BCUT2D eigenvalue weighted by molar-refractivity contribution is 7.92. The van der Waals surface area contributed by atoms with Gasteiger partial charge in [-0.3, -0.25) is 9.52 Å². The molecule has 0 aromatic heterocycles. The molecule has 0 aliphatic carbocycles. The van der Waals surface area contributed by atoms with Crippen molar-refractivity contribution in [3.63, 3.8) is 0 Å². The van der Waals surface area contributed by atoms with Crippen molar-refractivity contribution in [2.75, 3.05) is 11.0 Å². The predicted octanol–water partition coefficient (Wildman–Crippen LogP) is 1.85. The van der Waals surface area contributed by atoms with Crippen LogP contribution in [-0.2, 0) is 32.5 Å². The van der Waals surface area contributed by atoms with E-state index in [1.54, 1.807) is 43.3 Å². The van der Waals surface area contributed by atoms with E-state index in [1.807, 2.05) is 12.1 Å². The zero-order valence-electron chi connectivity index (χ0n) is 15.0. The molecule has 2 N–H and O–H groups in total. The maximum atomic E-state index is 12.7. The first-order valence-corrected chi connectivity index (χ1v) is 10.2. The highest BCUT2D eigenvalue weighted by Gasteiger charge is 2.42.